The molecular formula is C17H16BrNO2. The van der Waals surface area contributed by atoms with Gasteiger partial charge in [-0.2, -0.15) is 0 Å². The summed E-state index contributed by atoms with van der Waals surface area (Å²) in [6, 6.07) is 15.5. The van der Waals surface area contributed by atoms with Gasteiger partial charge in [-0.25, -0.2) is 0 Å². The number of nitrogens with zero attached hydrogens (tertiary/aromatic N) is 1. The maximum absolute atomic E-state index is 12.5. The third kappa shape index (κ3) is 2.87. The molecule has 2 aromatic rings. The van der Waals surface area contributed by atoms with E-state index >= 15 is 0 Å². The average molecular weight is 346 g/mol. The van der Waals surface area contributed by atoms with Crippen LogP contribution in [-0.4, -0.2) is 28.6 Å². The normalized spacial score (nSPS) is 15.1. The smallest absolute Gasteiger partial charge is 0.254 e. The number of halogens is 1. The summed E-state index contributed by atoms with van der Waals surface area (Å²) in [7, 11) is 0. The predicted molar refractivity (Wildman–Crippen MR) is 85.0 cm³/mol. The van der Waals surface area contributed by atoms with Crippen LogP contribution in [0.15, 0.2) is 53.0 Å². The van der Waals surface area contributed by atoms with Gasteiger partial charge in [0.1, 0.15) is 0 Å². The van der Waals surface area contributed by atoms with E-state index in [2.05, 4.69) is 15.9 Å². The van der Waals surface area contributed by atoms with E-state index in [1.807, 2.05) is 48.5 Å². The molecule has 0 fully saturated rings. The molecule has 0 radical (unpaired) electrons. The summed E-state index contributed by atoms with van der Waals surface area (Å²) >= 11 is 3.43. The number of fused-ring (bicyclic) bond motifs is 1. The standard InChI is InChI=1S/C17H16BrNO2/c18-14-6-7-16-13(9-14)10-19(17(16)21)15(11-20)8-12-4-2-1-3-5-12/h1-7,9,15,20H,8,10-11H2. The van der Waals surface area contributed by atoms with Crippen molar-refractivity contribution in [3.63, 3.8) is 0 Å². The van der Waals surface area contributed by atoms with E-state index in [4.69, 9.17) is 0 Å². The van der Waals surface area contributed by atoms with Gasteiger partial charge in [0.25, 0.3) is 5.91 Å². The second kappa shape index (κ2) is 6.00. The molecule has 1 unspecified atom stereocenters. The Morgan fingerprint density at radius 1 is 1.19 bits per heavy atom. The first kappa shape index (κ1) is 14.3. The second-order valence-corrected chi connectivity index (χ2v) is 6.18. The highest BCUT2D eigenvalue weighted by atomic mass is 79.9. The van der Waals surface area contributed by atoms with Crippen molar-refractivity contribution >= 4 is 21.8 Å². The van der Waals surface area contributed by atoms with Crippen LogP contribution in [0, 0.1) is 0 Å². The molecule has 1 heterocycles. The Bertz CT molecular complexity index is 657. The fourth-order valence-corrected chi connectivity index (χ4v) is 3.17. The third-order valence-corrected chi connectivity index (χ3v) is 4.36. The minimum atomic E-state index is -0.189. The average Bonchev–Trinajstić information content (AvgIpc) is 2.82. The lowest BCUT2D eigenvalue weighted by Gasteiger charge is -2.26. The van der Waals surface area contributed by atoms with Crippen LogP contribution in [0.25, 0.3) is 0 Å². The predicted octanol–water partition coefficient (Wildman–Crippen LogP) is 3.01. The number of benzene rings is 2. The quantitative estimate of drug-likeness (QED) is 0.925. The highest BCUT2D eigenvalue weighted by Gasteiger charge is 2.32. The van der Waals surface area contributed by atoms with Gasteiger partial charge in [0.05, 0.1) is 12.6 Å². The van der Waals surface area contributed by atoms with E-state index in [0.29, 0.717) is 13.0 Å². The molecule has 1 aliphatic rings. The Kier molecular flexibility index (Phi) is 4.08. The number of hydrogen-bond donors (Lipinski definition) is 1. The molecule has 1 atom stereocenters. The van der Waals surface area contributed by atoms with E-state index in [9.17, 15) is 9.90 Å². The Hall–Kier alpha value is -1.65. The summed E-state index contributed by atoms with van der Waals surface area (Å²) in [5.41, 5.74) is 2.88. The van der Waals surface area contributed by atoms with Crippen LogP contribution in [0.1, 0.15) is 21.5 Å². The van der Waals surface area contributed by atoms with Crippen molar-refractivity contribution in [2.75, 3.05) is 6.61 Å². The molecule has 4 heteroatoms. The highest BCUT2D eigenvalue weighted by Crippen LogP contribution is 2.28. The van der Waals surface area contributed by atoms with Gasteiger partial charge < -0.3 is 10.0 Å². The Balaban J connectivity index is 1.82. The van der Waals surface area contributed by atoms with Crippen molar-refractivity contribution in [2.45, 2.75) is 19.0 Å². The van der Waals surface area contributed by atoms with Crippen molar-refractivity contribution in [3.05, 3.63) is 69.7 Å². The van der Waals surface area contributed by atoms with Crippen LogP contribution in [-0.2, 0) is 13.0 Å². The molecule has 0 saturated heterocycles. The lowest BCUT2D eigenvalue weighted by Crippen LogP contribution is -2.39. The summed E-state index contributed by atoms with van der Waals surface area (Å²) in [5.74, 6) is 0.00693. The monoisotopic (exact) mass is 345 g/mol. The lowest BCUT2D eigenvalue weighted by molar-refractivity contribution is 0.0618. The van der Waals surface area contributed by atoms with E-state index in [1.165, 1.54) is 0 Å². The van der Waals surface area contributed by atoms with Crippen molar-refractivity contribution in [1.29, 1.82) is 0 Å². The number of aliphatic hydroxyl groups is 1. The van der Waals surface area contributed by atoms with Crippen LogP contribution in [0.3, 0.4) is 0 Å². The minimum absolute atomic E-state index is 0.00693. The number of carbonyl (C=O) groups excluding carboxylic acids is 1. The molecule has 3 nitrogen and oxygen atoms in total. The molecule has 1 N–H and O–H groups in total. The SMILES string of the molecule is O=C1c2ccc(Br)cc2CN1C(CO)Cc1ccccc1. The van der Waals surface area contributed by atoms with Gasteiger partial charge in [0.2, 0.25) is 0 Å². The van der Waals surface area contributed by atoms with Crippen LogP contribution in [0.5, 0.6) is 0 Å². The molecular weight excluding hydrogens is 330 g/mol. The van der Waals surface area contributed by atoms with Crippen molar-refractivity contribution in [1.82, 2.24) is 4.90 Å². The van der Waals surface area contributed by atoms with Crippen LogP contribution < -0.4 is 0 Å². The van der Waals surface area contributed by atoms with Gasteiger partial charge in [-0.05, 0) is 35.7 Å². The van der Waals surface area contributed by atoms with E-state index in [1.54, 1.807) is 4.90 Å². The molecule has 0 saturated carbocycles. The van der Waals surface area contributed by atoms with Crippen molar-refractivity contribution in [2.24, 2.45) is 0 Å². The molecule has 3 rings (SSSR count). The first-order valence-electron chi connectivity index (χ1n) is 6.93. The molecule has 0 bridgehead atoms. The zero-order valence-electron chi connectivity index (χ0n) is 11.5. The van der Waals surface area contributed by atoms with Gasteiger partial charge in [-0.1, -0.05) is 46.3 Å². The molecule has 1 amide bonds. The fraction of sp³-hybridized carbons (Fsp3) is 0.235. The van der Waals surface area contributed by atoms with E-state index < -0.39 is 0 Å². The number of carbonyl (C=O) groups is 1. The van der Waals surface area contributed by atoms with Crippen molar-refractivity contribution in [3.8, 4) is 0 Å². The Morgan fingerprint density at radius 3 is 2.67 bits per heavy atom. The maximum atomic E-state index is 12.5. The topological polar surface area (TPSA) is 40.5 Å². The van der Waals surface area contributed by atoms with Gasteiger partial charge in [0.15, 0.2) is 0 Å². The fourth-order valence-electron chi connectivity index (χ4n) is 2.77. The first-order chi connectivity index (χ1) is 10.2. The van der Waals surface area contributed by atoms with E-state index in [0.717, 1.165) is 21.2 Å². The molecule has 0 aromatic heterocycles. The largest absolute Gasteiger partial charge is 0.394 e. The number of rotatable bonds is 4. The molecule has 21 heavy (non-hydrogen) atoms. The first-order valence-corrected chi connectivity index (χ1v) is 7.72. The van der Waals surface area contributed by atoms with Crippen molar-refractivity contribution < 1.29 is 9.90 Å². The second-order valence-electron chi connectivity index (χ2n) is 5.26. The third-order valence-electron chi connectivity index (χ3n) is 3.86. The van der Waals surface area contributed by atoms with Gasteiger partial charge in [-0.15, -0.1) is 0 Å². The van der Waals surface area contributed by atoms with Crippen LogP contribution in [0.2, 0.25) is 0 Å². The summed E-state index contributed by atoms with van der Waals surface area (Å²) < 4.78 is 0.972. The molecule has 108 valence electrons. The maximum Gasteiger partial charge on any atom is 0.254 e. The zero-order valence-corrected chi connectivity index (χ0v) is 13.1. The summed E-state index contributed by atoms with van der Waals surface area (Å²) in [6.45, 7) is 0.529. The highest BCUT2D eigenvalue weighted by molar-refractivity contribution is 9.10. The molecule has 0 aliphatic carbocycles. The van der Waals surface area contributed by atoms with Gasteiger partial charge >= 0.3 is 0 Å². The number of aliphatic hydroxyl groups excluding tert-OH is 1. The summed E-state index contributed by atoms with van der Waals surface area (Å²) in [6.07, 6.45) is 0.665. The van der Waals surface area contributed by atoms with Gasteiger partial charge in [0, 0.05) is 16.6 Å². The van der Waals surface area contributed by atoms with Crippen LogP contribution >= 0.6 is 15.9 Å². The zero-order chi connectivity index (χ0) is 14.8. The van der Waals surface area contributed by atoms with E-state index in [-0.39, 0.29) is 18.6 Å². The molecule has 2 aromatic carbocycles. The number of hydrogen-bond acceptors (Lipinski definition) is 2. The summed E-state index contributed by atoms with van der Waals surface area (Å²) in [4.78, 5) is 14.3. The lowest BCUT2D eigenvalue weighted by atomic mass is 10.1. The summed E-state index contributed by atoms with van der Waals surface area (Å²) in [5, 5.41) is 9.70. The Labute approximate surface area is 132 Å². The number of amides is 1. The Morgan fingerprint density at radius 2 is 1.95 bits per heavy atom. The molecule has 0 spiro atoms. The molecule has 1 aliphatic heterocycles. The van der Waals surface area contributed by atoms with Crippen LogP contribution in [0.4, 0.5) is 0 Å². The van der Waals surface area contributed by atoms with Gasteiger partial charge in [-0.3, -0.25) is 4.79 Å². The minimum Gasteiger partial charge on any atom is -0.394 e.